The van der Waals surface area contributed by atoms with Crippen LogP contribution in [0, 0.1) is 5.92 Å². The third-order valence-corrected chi connectivity index (χ3v) is 10.7. The molecule has 8 rings (SSSR count). The number of hydrogen-bond donors (Lipinski definition) is 1. The highest BCUT2D eigenvalue weighted by Gasteiger charge is 2.51. The third-order valence-electron chi connectivity index (χ3n) is 10.7. The smallest absolute Gasteiger partial charge is 0.112 e. The van der Waals surface area contributed by atoms with Crippen molar-refractivity contribution in [1.29, 1.82) is 0 Å². The highest BCUT2D eigenvalue weighted by molar-refractivity contribution is 5.57. The second-order valence-electron chi connectivity index (χ2n) is 12.6. The first-order valence-electron chi connectivity index (χ1n) is 15.2. The Kier molecular flexibility index (Phi) is 5.58. The molecule has 5 atom stereocenters. The molecule has 0 saturated heterocycles. The SMILES string of the molecule is [O-]C1(C2=CC=C(C3=CC=C(C4(O)CC5(C=CC=CC5)c5ccccc54)CC3)CC2)c2ccccc2C2C=CC=CC21. The number of aliphatic hydroxyl groups is 1. The zero-order valence-electron chi connectivity index (χ0n) is 23.3. The van der Waals surface area contributed by atoms with Crippen LogP contribution in [0.5, 0.6) is 0 Å². The second kappa shape index (κ2) is 9.14. The maximum Gasteiger partial charge on any atom is 0.112 e. The zero-order chi connectivity index (χ0) is 27.7. The molecule has 2 heteroatoms. The first kappa shape index (κ1) is 25.0. The van der Waals surface area contributed by atoms with Crippen molar-refractivity contribution >= 4 is 0 Å². The minimum Gasteiger partial charge on any atom is -0.842 e. The van der Waals surface area contributed by atoms with E-state index in [1.165, 1.54) is 22.3 Å². The van der Waals surface area contributed by atoms with Crippen LogP contribution in [-0.4, -0.2) is 5.11 Å². The Morgan fingerprint density at radius 1 is 0.683 bits per heavy atom. The molecular weight excluding hydrogens is 500 g/mol. The molecule has 6 aliphatic carbocycles. The molecule has 1 spiro atoms. The van der Waals surface area contributed by atoms with E-state index in [0.717, 1.165) is 54.4 Å². The van der Waals surface area contributed by atoms with Gasteiger partial charge in [-0.05, 0) is 83.4 Å². The lowest BCUT2D eigenvalue weighted by atomic mass is 9.72. The average molecular weight is 536 g/mol. The van der Waals surface area contributed by atoms with Gasteiger partial charge >= 0.3 is 0 Å². The minimum absolute atomic E-state index is 0.0710. The summed E-state index contributed by atoms with van der Waals surface area (Å²) in [7, 11) is 0. The van der Waals surface area contributed by atoms with Gasteiger partial charge in [0.15, 0.2) is 0 Å². The molecule has 2 aromatic carbocycles. The van der Waals surface area contributed by atoms with Gasteiger partial charge in [0.2, 0.25) is 0 Å². The first-order chi connectivity index (χ1) is 20.0. The average Bonchev–Trinajstić information content (AvgIpc) is 3.45. The monoisotopic (exact) mass is 535 g/mol. The predicted molar refractivity (Wildman–Crippen MR) is 163 cm³/mol. The Morgan fingerprint density at radius 3 is 2.07 bits per heavy atom. The summed E-state index contributed by atoms with van der Waals surface area (Å²) in [4.78, 5) is 0. The summed E-state index contributed by atoms with van der Waals surface area (Å²) in [6.07, 6.45) is 31.0. The maximum absolute atomic E-state index is 14.7. The Labute approximate surface area is 242 Å². The molecular formula is C39H35O2-. The van der Waals surface area contributed by atoms with Crippen molar-refractivity contribution in [2.75, 3.05) is 0 Å². The van der Waals surface area contributed by atoms with Crippen molar-refractivity contribution in [3.05, 3.63) is 166 Å². The van der Waals surface area contributed by atoms with Crippen LogP contribution in [0.25, 0.3) is 0 Å². The van der Waals surface area contributed by atoms with E-state index in [1.54, 1.807) is 0 Å². The zero-order valence-corrected chi connectivity index (χ0v) is 23.3. The van der Waals surface area contributed by atoms with Crippen LogP contribution in [0.3, 0.4) is 0 Å². The number of allylic oxidation sites excluding steroid dienone is 13. The van der Waals surface area contributed by atoms with Crippen LogP contribution in [0.1, 0.15) is 66.7 Å². The molecule has 0 amide bonds. The van der Waals surface area contributed by atoms with Gasteiger partial charge in [0.05, 0.1) is 0 Å². The van der Waals surface area contributed by atoms with Crippen molar-refractivity contribution in [1.82, 2.24) is 0 Å². The molecule has 0 bridgehead atoms. The number of rotatable bonds is 3. The van der Waals surface area contributed by atoms with Gasteiger partial charge in [-0.2, -0.15) is 0 Å². The van der Waals surface area contributed by atoms with Crippen LogP contribution < -0.4 is 5.11 Å². The highest BCUT2D eigenvalue weighted by atomic mass is 16.3. The summed E-state index contributed by atoms with van der Waals surface area (Å²) >= 11 is 0. The van der Waals surface area contributed by atoms with Gasteiger partial charge in [-0.1, -0.05) is 133 Å². The van der Waals surface area contributed by atoms with E-state index in [4.69, 9.17) is 0 Å². The van der Waals surface area contributed by atoms with E-state index in [1.807, 2.05) is 18.2 Å². The number of benzene rings is 2. The van der Waals surface area contributed by atoms with Crippen LogP contribution >= 0.6 is 0 Å². The van der Waals surface area contributed by atoms with Gasteiger partial charge in [-0.3, -0.25) is 0 Å². The molecule has 0 aromatic heterocycles. The summed E-state index contributed by atoms with van der Waals surface area (Å²) in [6, 6.07) is 16.7. The van der Waals surface area contributed by atoms with Crippen LogP contribution in [0.15, 0.2) is 144 Å². The molecule has 1 N–H and O–H groups in total. The molecule has 0 fully saturated rings. The lowest BCUT2D eigenvalue weighted by Gasteiger charge is -2.47. The molecule has 2 aromatic rings. The lowest BCUT2D eigenvalue weighted by molar-refractivity contribution is -0.482. The standard InChI is InChI=1S/C39H35O2/c40-38(26-37(24-8-1-9-25-37)35-14-6-7-15-36(35)38)29-20-16-27(17-21-29)28-18-22-30(23-19-28)39(41)33-12-4-2-10-31(33)32-11-3-5-13-34(32)39/h1-16,18,20,22,24,31,33,40H,17,19,21,23,25-26H2/q-1. The summed E-state index contributed by atoms with van der Waals surface area (Å²) in [5.41, 5.74) is 6.96. The minimum atomic E-state index is -1.21. The Bertz CT molecular complexity index is 1690. The van der Waals surface area contributed by atoms with E-state index in [9.17, 15) is 10.2 Å². The van der Waals surface area contributed by atoms with E-state index < -0.39 is 11.2 Å². The number of fused-ring (bicyclic) bond motifs is 5. The van der Waals surface area contributed by atoms with Gasteiger partial charge < -0.3 is 10.2 Å². The Morgan fingerprint density at radius 2 is 1.37 bits per heavy atom. The van der Waals surface area contributed by atoms with Crippen molar-refractivity contribution in [2.45, 2.75) is 61.1 Å². The molecule has 41 heavy (non-hydrogen) atoms. The second-order valence-corrected chi connectivity index (χ2v) is 12.6. The Balaban J connectivity index is 1.10. The summed E-state index contributed by atoms with van der Waals surface area (Å²) in [5.74, 6) is 0.0914. The van der Waals surface area contributed by atoms with Crippen molar-refractivity contribution in [3.8, 4) is 0 Å². The van der Waals surface area contributed by atoms with E-state index >= 15 is 0 Å². The topological polar surface area (TPSA) is 43.3 Å². The quantitative estimate of drug-likeness (QED) is 0.444. The van der Waals surface area contributed by atoms with Gasteiger partial charge in [-0.15, -0.1) is 0 Å². The van der Waals surface area contributed by atoms with Gasteiger partial charge in [0, 0.05) is 11.3 Å². The summed E-state index contributed by atoms with van der Waals surface area (Å²) in [5, 5.41) is 27.0. The molecule has 0 radical (unpaired) electrons. The highest BCUT2D eigenvalue weighted by Crippen LogP contribution is 2.57. The fourth-order valence-electron chi connectivity index (χ4n) is 8.66. The van der Waals surface area contributed by atoms with E-state index in [2.05, 4.69) is 103 Å². The first-order valence-corrected chi connectivity index (χ1v) is 15.2. The van der Waals surface area contributed by atoms with Gasteiger partial charge in [0.1, 0.15) is 5.60 Å². The summed E-state index contributed by atoms with van der Waals surface area (Å²) < 4.78 is 0. The molecule has 0 aliphatic heterocycles. The normalized spacial score (nSPS) is 34.5. The van der Waals surface area contributed by atoms with E-state index in [-0.39, 0.29) is 17.3 Å². The van der Waals surface area contributed by atoms with Crippen molar-refractivity contribution in [3.63, 3.8) is 0 Å². The molecule has 0 heterocycles. The van der Waals surface area contributed by atoms with Gasteiger partial charge in [-0.25, -0.2) is 0 Å². The molecule has 6 aliphatic rings. The maximum atomic E-state index is 14.7. The van der Waals surface area contributed by atoms with Gasteiger partial charge in [0.25, 0.3) is 0 Å². The fraction of sp³-hybridized carbons (Fsp3) is 0.282. The van der Waals surface area contributed by atoms with E-state index in [0.29, 0.717) is 6.42 Å². The Hall–Kier alpha value is -3.72. The van der Waals surface area contributed by atoms with Crippen molar-refractivity contribution in [2.24, 2.45) is 5.92 Å². The predicted octanol–water partition coefficient (Wildman–Crippen LogP) is 7.42. The van der Waals surface area contributed by atoms with Crippen LogP contribution in [-0.2, 0) is 16.6 Å². The largest absolute Gasteiger partial charge is 0.842 e. The fourth-order valence-corrected chi connectivity index (χ4v) is 8.66. The summed E-state index contributed by atoms with van der Waals surface area (Å²) in [6.45, 7) is 0. The molecule has 5 unspecified atom stereocenters. The number of hydrogen-bond acceptors (Lipinski definition) is 2. The lowest BCUT2D eigenvalue weighted by Crippen LogP contribution is -2.47. The van der Waals surface area contributed by atoms with Crippen molar-refractivity contribution < 1.29 is 10.2 Å². The molecule has 204 valence electrons. The third kappa shape index (κ3) is 3.57. The van der Waals surface area contributed by atoms with Crippen LogP contribution in [0.2, 0.25) is 0 Å². The molecule has 2 nitrogen and oxygen atoms in total. The van der Waals surface area contributed by atoms with Crippen LogP contribution in [0.4, 0.5) is 0 Å². The molecule has 0 saturated carbocycles.